The van der Waals surface area contributed by atoms with Crippen LogP contribution in [0.25, 0.3) is 0 Å². The zero-order valence-corrected chi connectivity index (χ0v) is 14.9. The Morgan fingerprint density at radius 3 is 2.60 bits per heavy atom. The molecule has 0 saturated carbocycles. The number of piperidine rings is 1. The molecule has 6 nitrogen and oxygen atoms in total. The lowest BCUT2D eigenvalue weighted by Crippen LogP contribution is -2.42. The Kier molecular flexibility index (Phi) is 7.10. The van der Waals surface area contributed by atoms with Gasteiger partial charge >= 0.3 is 6.18 Å². The van der Waals surface area contributed by atoms with Gasteiger partial charge in [0.25, 0.3) is 0 Å². The summed E-state index contributed by atoms with van der Waals surface area (Å²) in [6, 6.07) is 0. The Morgan fingerprint density at radius 2 is 1.96 bits per heavy atom. The maximum atomic E-state index is 13.0. The summed E-state index contributed by atoms with van der Waals surface area (Å²) in [4.78, 5) is 6.67. The topological polar surface area (TPSA) is 57.5 Å². The molecule has 0 aromatic carbocycles. The number of aryl methyl sites for hydroxylation is 1. The molecule has 0 bridgehead atoms. The van der Waals surface area contributed by atoms with Gasteiger partial charge in [-0.25, -0.2) is 4.99 Å². The lowest BCUT2D eigenvalue weighted by atomic mass is 10.1. The van der Waals surface area contributed by atoms with Crippen molar-refractivity contribution in [2.75, 3.05) is 32.7 Å². The van der Waals surface area contributed by atoms with Crippen molar-refractivity contribution in [3.05, 3.63) is 17.5 Å². The fourth-order valence-electron chi connectivity index (χ4n) is 2.91. The van der Waals surface area contributed by atoms with E-state index in [1.165, 1.54) is 37.2 Å². The summed E-state index contributed by atoms with van der Waals surface area (Å²) >= 11 is 0. The van der Waals surface area contributed by atoms with Crippen LogP contribution in [0.3, 0.4) is 0 Å². The number of nitrogens with zero attached hydrogens (tertiary/aromatic N) is 4. The average molecular weight is 360 g/mol. The average Bonchev–Trinajstić information content (AvgIpc) is 2.95. The van der Waals surface area contributed by atoms with Gasteiger partial charge in [-0.05, 0) is 32.9 Å². The molecular weight excluding hydrogens is 333 g/mol. The minimum atomic E-state index is -4.47. The summed E-state index contributed by atoms with van der Waals surface area (Å²) in [5.74, 6) is 0.525. The number of aromatic nitrogens is 2. The Balaban J connectivity index is 1.92. The van der Waals surface area contributed by atoms with Crippen LogP contribution in [0.4, 0.5) is 13.2 Å². The van der Waals surface area contributed by atoms with Crippen LogP contribution in [-0.2, 0) is 19.8 Å². The van der Waals surface area contributed by atoms with Crippen molar-refractivity contribution in [2.24, 2.45) is 12.0 Å². The van der Waals surface area contributed by atoms with Crippen molar-refractivity contribution >= 4 is 5.96 Å². The molecule has 1 aromatic rings. The van der Waals surface area contributed by atoms with E-state index in [2.05, 4.69) is 25.6 Å². The van der Waals surface area contributed by atoms with E-state index in [-0.39, 0.29) is 12.1 Å². The monoisotopic (exact) mass is 360 g/mol. The molecule has 1 saturated heterocycles. The van der Waals surface area contributed by atoms with Gasteiger partial charge in [-0.1, -0.05) is 6.42 Å². The molecule has 2 heterocycles. The van der Waals surface area contributed by atoms with Gasteiger partial charge in [-0.2, -0.15) is 18.3 Å². The van der Waals surface area contributed by atoms with Gasteiger partial charge in [0.05, 0.1) is 6.54 Å². The van der Waals surface area contributed by atoms with Gasteiger partial charge in [0.15, 0.2) is 11.7 Å². The molecule has 1 aromatic heterocycles. The van der Waals surface area contributed by atoms with Crippen molar-refractivity contribution in [2.45, 2.75) is 38.9 Å². The number of guanidine groups is 1. The molecule has 0 unspecified atom stereocenters. The van der Waals surface area contributed by atoms with Crippen molar-refractivity contribution in [3.8, 4) is 0 Å². The smallest absolute Gasteiger partial charge is 0.357 e. The highest BCUT2D eigenvalue weighted by molar-refractivity contribution is 5.79. The van der Waals surface area contributed by atoms with E-state index in [0.717, 1.165) is 19.6 Å². The summed E-state index contributed by atoms with van der Waals surface area (Å²) in [5, 5.41) is 9.76. The number of halogens is 3. The number of rotatable bonds is 6. The van der Waals surface area contributed by atoms with Gasteiger partial charge in [0.2, 0.25) is 0 Å². The first-order valence-corrected chi connectivity index (χ1v) is 8.74. The molecular formula is C16H27F3N6. The highest BCUT2D eigenvalue weighted by atomic mass is 19.4. The van der Waals surface area contributed by atoms with Crippen molar-refractivity contribution in [1.29, 1.82) is 0 Å². The van der Waals surface area contributed by atoms with Crippen molar-refractivity contribution in [1.82, 2.24) is 25.3 Å². The van der Waals surface area contributed by atoms with Crippen molar-refractivity contribution < 1.29 is 13.2 Å². The molecule has 0 radical (unpaired) electrons. The van der Waals surface area contributed by atoms with Crippen LogP contribution < -0.4 is 10.6 Å². The molecule has 2 rings (SSSR count). The van der Waals surface area contributed by atoms with Gasteiger partial charge in [-0.15, -0.1) is 0 Å². The Morgan fingerprint density at radius 1 is 1.24 bits per heavy atom. The number of aliphatic imine (C=N–C) groups is 1. The normalized spacial score (nSPS) is 16.9. The second-order valence-electron chi connectivity index (χ2n) is 6.20. The van der Waals surface area contributed by atoms with E-state index in [0.29, 0.717) is 19.0 Å². The highest BCUT2D eigenvalue weighted by Gasteiger charge is 2.36. The van der Waals surface area contributed by atoms with E-state index < -0.39 is 11.9 Å². The molecule has 142 valence electrons. The van der Waals surface area contributed by atoms with Crippen LogP contribution in [-0.4, -0.2) is 53.4 Å². The summed E-state index contributed by atoms with van der Waals surface area (Å²) in [6.45, 7) is 6.35. The number of nitrogens with one attached hydrogen (secondary N) is 2. The summed E-state index contributed by atoms with van der Waals surface area (Å²) in [7, 11) is 1.48. The minimum absolute atomic E-state index is 0.0677. The van der Waals surface area contributed by atoms with Crippen LogP contribution in [0.5, 0.6) is 0 Å². The number of hydrogen-bond donors (Lipinski definition) is 2. The second kappa shape index (κ2) is 9.07. The van der Waals surface area contributed by atoms with Gasteiger partial charge in [0.1, 0.15) is 0 Å². The Bertz CT molecular complexity index is 561. The maximum Gasteiger partial charge on any atom is 0.435 e. The molecule has 1 aliphatic heterocycles. The third kappa shape index (κ3) is 6.22. The Labute approximate surface area is 146 Å². The predicted octanol–water partition coefficient (Wildman–Crippen LogP) is 1.98. The SMILES string of the molecule is CCNC(=NCc1cn(C)nc1C(F)(F)F)NCCN1CCCCC1. The first-order chi connectivity index (χ1) is 11.9. The molecule has 2 N–H and O–H groups in total. The fraction of sp³-hybridized carbons (Fsp3) is 0.750. The fourth-order valence-corrected chi connectivity index (χ4v) is 2.91. The van der Waals surface area contributed by atoms with Crippen LogP contribution in [0.1, 0.15) is 37.4 Å². The predicted molar refractivity (Wildman–Crippen MR) is 91.3 cm³/mol. The minimum Gasteiger partial charge on any atom is -0.357 e. The molecule has 25 heavy (non-hydrogen) atoms. The van der Waals surface area contributed by atoms with E-state index in [1.54, 1.807) is 0 Å². The van der Waals surface area contributed by atoms with Crippen LogP contribution in [0, 0.1) is 0 Å². The third-order valence-corrected chi connectivity index (χ3v) is 4.09. The van der Waals surface area contributed by atoms with E-state index >= 15 is 0 Å². The molecule has 1 fully saturated rings. The first kappa shape index (κ1) is 19.6. The molecule has 9 heteroatoms. The Hall–Kier alpha value is -1.77. The zero-order valence-electron chi connectivity index (χ0n) is 14.9. The quantitative estimate of drug-likeness (QED) is 0.602. The van der Waals surface area contributed by atoms with Crippen LogP contribution >= 0.6 is 0 Å². The molecule has 0 atom stereocenters. The number of hydrogen-bond acceptors (Lipinski definition) is 3. The molecule has 0 amide bonds. The highest BCUT2D eigenvalue weighted by Crippen LogP contribution is 2.30. The van der Waals surface area contributed by atoms with Crippen molar-refractivity contribution in [3.63, 3.8) is 0 Å². The first-order valence-electron chi connectivity index (χ1n) is 8.74. The lowest BCUT2D eigenvalue weighted by Gasteiger charge is -2.26. The summed E-state index contributed by atoms with van der Waals surface area (Å²) < 4.78 is 40.1. The van der Waals surface area contributed by atoms with E-state index in [1.807, 2.05) is 6.92 Å². The van der Waals surface area contributed by atoms with Gasteiger partial charge < -0.3 is 15.5 Å². The molecule has 0 spiro atoms. The van der Waals surface area contributed by atoms with Crippen LogP contribution in [0.2, 0.25) is 0 Å². The van der Waals surface area contributed by atoms with Gasteiger partial charge in [-0.3, -0.25) is 4.68 Å². The van der Waals surface area contributed by atoms with E-state index in [4.69, 9.17) is 0 Å². The third-order valence-electron chi connectivity index (χ3n) is 4.09. The zero-order chi connectivity index (χ0) is 18.3. The number of likely N-dealkylation sites (tertiary alicyclic amines) is 1. The summed E-state index contributed by atoms with van der Waals surface area (Å²) in [5.41, 5.74) is -0.800. The standard InChI is InChI=1S/C16H27F3N6/c1-3-20-15(21-7-10-25-8-5-4-6-9-25)22-11-13-12-24(2)23-14(13)16(17,18)19/h12H,3-11H2,1-2H3,(H2,20,21,22). The largest absolute Gasteiger partial charge is 0.435 e. The summed E-state index contributed by atoms with van der Waals surface area (Å²) in [6.07, 6.45) is 0.654. The molecule has 0 aliphatic carbocycles. The lowest BCUT2D eigenvalue weighted by molar-refractivity contribution is -0.142. The molecule has 1 aliphatic rings. The number of alkyl halides is 3. The second-order valence-corrected chi connectivity index (χ2v) is 6.20. The van der Waals surface area contributed by atoms with E-state index in [9.17, 15) is 13.2 Å². The van der Waals surface area contributed by atoms with Gasteiger partial charge in [0, 0.05) is 38.4 Å². The van der Waals surface area contributed by atoms with Crippen LogP contribution in [0.15, 0.2) is 11.2 Å². The maximum absolute atomic E-state index is 13.0.